The van der Waals surface area contributed by atoms with Gasteiger partial charge in [-0.1, -0.05) is 13.2 Å². The van der Waals surface area contributed by atoms with Gasteiger partial charge >= 0.3 is 0 Å². The van der Waals surface area contributed by atoms with Crippen LogP contribution in [0.15, 0.2) is 24.0 Å². The van der Waals surface area contributed by atoms with E-state index < -0.39 is 60.7 Å². The minimum atomic E-state index is -3.92. The molecule has 0 aromatic heterocycles. The van der Waals surface area contributed by atoms with Gasteiger partial charge in [-0.25, -0.2) is 16.8 Å². The molecule has 134 valence electrons. The molecule has 0 saturated heterocycles. The van der Waals surface area contributed by atoms with Gasteiger partial charge in [-0.15, -0.1) is 0 Å². The van der Waals surface area contributed by atoms with Crippen molar-refractivity contribution in [2.24, 2.45) is 0 Å². The van der Waals surface area contributed by atoms with Crippen molar-refractivity contribution in [3.63, 3.8) is 0 Å². The molecule has 0 bridgehead atoms. The first-order valence-corrected chi connectivity index (χ1v) is 9.64. The van der Waals surface area contributed by atoms with Crippen LogP contribution in [0.25, 0.3) is 0 Å². The number of hydrogen-bond donors (Lipinski definition) is 2. The van der Waals surface area contributed by atoms with Gasteiger partial charge in [-0.2, -0.15) is 0 Å². The Kier molecular flexibility index (Phi) is 7.67. The van der Waals surface area contributed by atoms with Crippen LogP contribution in [0.1, 0.15) is 6.92 Å². The number of Topliss-reactive ketones (excluding diaryl/α,β-unsaturated/α-hetero) is 2. The predicted molar refractivity (Wildman–Crippen MR) is 83.7 cm³/mol. The van der Waals surface area contributed by atoms with Crippen LogP contribution >= 0.6 is 0 Å². The molecule has 0 radical (unpaired) electrons. The largest absolute Gasteiger partial charge is 0.330 e. The van der Waals surface area contributed by atoms with E-state index >= 15 is 0 Å². The summed E-state index contributed by atoms with van der Waals surface area (Å²) in [5.41, 5.74) is 0. The van der Waals surface area contributed by atoms with E-state index in [2.05, 4.69) is 13.2 Å². The van der Waals surface area contributed by atoms with Crippen LogP contribution in [0.2, 0.25) is 0 Å². The normalized spacial score (nSPS) is 11.4. The highest BCUT2D eigenvalue weighted by atomic mass is 32.2. The zero-order valence-corrected chi connectivity index (χ0v) is 14.3. The van der Waals surface area contributed by atoms with Crippen LogP contribution in [-0.2, 0) is 38.9 Å². The molecule has 0 aromatic rings. The summed E-state index contributed by atoms with van der Waals surface area (Å²) >= 11 is 0. The van der Waals surface area contributed by atoms with Crippen LogP contribution in [0.3, 0.4) is 0 Å². The molecule has 0 aliphatic rings. The Morgan fingerprint density at radius 3 is 1.38 bits per heavy atom. The number of ketones is 2. The van der Waals surface area contributed by atoms with Crippen molar-refractivity contribution in [2.75, 3.05) is 11.5 Å². The molecule has 2 N–H and O–H groups in total. The Morgan fingerprint density at radius 1 is 0.833 bits per heavy atom. The summed E-state index contributed by atoms with van der Waals surface area (Å²) in [6.45, 7) is 7.14. The summed E-state index contributed by atoms with van der Waals surface area (Å²) in [5.74, 6) is -7.40. The number of sulfone groups is 2. The molecule has 0 fully saturated rings. The maximum atomic E-state index is 11.5. The van der Waals surface area contributed by atoms with Crippen molar-refractivity contribution >= 4 is 43.1 Å². The predicted octanol–water partition coefficient (Wildman–Crippen LogP) is -2.18. The third-order valence-corrected chi connectivity index (χ3v) is 4.72. The zero-order chi connectivity index (χ0) is 19.1. The Bertz CT molecular complexity index is 714. The van der Waals surface area contributed by atoms with Gasteiger partial charge in [0.05, 0.1) is 6.17 Å². The molecule has 0 unspecified atom stereocenters. The zero-order valence-electron chi connectivity index (χ0n) is 12.6. The van der Waals surface area contributed by atoms with E-state index in [4.69, 9.17) is 0 Å². The van der Waals surface area contributed by atoms with Crippen molar-refractivity contribution in [3.8, 4) is 0 Å². The lowest BCUT2D eigenvalue weighted by atomic mass is 10.3. The highest BCUT2D eigenvalue weighted by molar-refractivity contribution is 7.95. The SMILES string of the molecule is C=CS(=O)(=O)CC(=O)C(=O)NC(C)NC(=O)C(=O)CS(=O)(=O)C=C. The van der Waals surface area contributed by atoms with Gasteiger partial charge in [-0.3, -0.25) is 19.2 Å². The Hall–Kier alpha value is -2.34. The molecule has 2 amide bonds. The molecule has 0 aliphatic carbocycles. The second-order valence-corrected chi connectivity index (χ2v) is 8.36. The summed E-state index contributed by atoms with van der Waals surface area (Å²) in [7, 11) is -7.85. The number of amides is 2. The first kappa shape index (κ1) is 21.7. The molecule has 0 heterocycles. The Morgan fingerprint density at radius 2 is 1.12 bits per heavy atom. The summed E-state index contributed by atoms with van der Waals surface area (Å²) in [5, 5.41) is 4.93. The third kappa shape index (κ3) is 7.78. The molecule has 0 spiro atoms. The second kappa shape index (κ2) is 8.49. The van der Waals surface area contributed by atoms with Gasteiger partial charge in [0.25, 0.3) is 11.8 Å². The molecular weight excluding hydrogens is 364 g/mol. The average molecular weight is 380 g/mol. The highest BCUT2D eigenvalue weighted by Crippen LogP contribution is 1.94. The molecular formula is C12H16N2O8S2. The molecule has 0 atom stereocenters. The number of rotatable bonds is 10. The maximum Gasteiger partial charge on any atom is 0.290 e. The number of hydrogen-bond acceptors (Lipinski definition) is 8. The average Bonchev–Trinajstić information content (AvgIpc) is 2.45. The van der Waals surface area contributed by atoms with Crippen molar-refractivity contribution in [2.45, 2.75) is 13.1 Å². The number of carbonyl (C=O) groups excluding carboxylic acids is 4. The Balaban J connectivity index is 4.66. The van der Waals surface area contributed by atoms with E-state index in [1.54, 1.807) is 0 Å². The summed E-state index contributed by atoms with van der Waals surface area (Å²) in [6.07, 6.45) is -1.23. The molecule has 24 heavy (non-hydrogen) atoms. The first-order chi connectivity index (χ1) is 10.8. The van der Waals surface area contributed by atoms with Crippen LogP contribution in [0.4, 0.5) is 0 Å². The summed E-state index contributed by atoms with van der Waals surface area (Å²) in [4.78, 5) is 45.7. The molecule has 0 aliphatic heterocycles. The van der Waals surface area contributed by atoms with Crippen LogP contribution in [0, 0.1) is 0 Å². The standard InChI is InChI=1S/C12H16N2O8S2/c1-4-23(19,20)6-9(15)11(17)13-8(3)14-12(18)10(16)7-24(21,22)5-2/h4-5,8H,1-2,6-7H2,3H3,(H,13,17)(H,14,18). The minimum Gasteiger partial charge on any atom is -0.330 e. The third-order valence-electron chi connectivity index (χ3n) is 2.37. The summed E-state index contributed by atoms with van der Waals surface area (Å²) < 4.78 is 44.5. The lowest BCUT2D eigenvalue weighted by Gasteiger charge is -2.14. The van der Waals surface area contributed by atoms with Gasteiger partial charge in [0.15, 0.2) is 19.7 Å². The van der Waals surface area contributed by atoms with E-state index in [-0.39, 0.29) is 0 Å². The van der Waals surface area contributed by atoms with Gasteiger partial charge in [0.1, 0.15) is 11.5 Å². The fourth-order valence-electron chi connectivity index (χ4n) is 1.20. The van der Waals surface area contributed by atoms with Crippen molar-refractivity contribution in [1.82, 2.24) is 10.6 Å². The van der Waals surface area contributed by atoms with Crippen LogP contribution in [-0.4, -0.2) is 57.9 Å². The van der Waals surface area contributed by atoms with E-state index in [0.717, 1.165) is 0 Å². The topological polar surface area (TPSA) is 161 Å². The quantitative estimate of drug-likeness (QED) is 0.319. The Labute approximate surface area is 138 Å². The fourth-order valence-corrected chi connectivity index (χ4v) is 2.43. The minimum absolute atomic E-state index is 0.516. The highest BCUT2D eigenvalue weighted by Gasteiger charge is 2.25. The van der Waals surface area contributed by atoms with Crippen molar-refractivity contribution < 1.29 is 36.0 Å². The number of carbonyl (C=O) groups is 4. The van der Waals surface area contributed by atoms with Gasteiger partial charge in [-0.05, 0) is 6.92 Å². The lowest BCUT2D eigenvalue weighted by Crippen LogP contribution is -2.51. The maximum absolute atomic E-state index is 11.5. The van der Waals surface area contributed by atoms with Gasteiger partial charge in [0.2, 0.25) is 11.6 Å². The first-order valence-electron chi connectivity index (χ1n) is 6.21. The van der Waals surface area contributed by atoms with Crippen LogP contribution in [0.5, 0.6) is 0 Å². The molecule has 0 aromatic carbocycles. The van der Waals surface area contributed by atoms with E-state index in [0.29, 0.717) is 10.8 Å². The molecule has 0 rings (SSSR count). The van der Waals surface area contributed by atoms with Gasteiger partial charge in [0, 0.05) is 10.8 Å². The number of nitrogens with one attached hydrogen (secondary N) is 2. The van der Waals surface area contributed by atoms with Crippen LogP contribution < -0.4 is 10.6 Å². The fraction of sp³-hybridized carbons (Fsp3) is 0.333. The van der Waals surface area contributed by atoms with Crippen molar-refractivity contribution in [3.05, 3.63) is 24.0 Å². The second-order valence-electron chi connectivity index (χ2n) is 4.46. The summed E-state index contributed by atoms with van der Waals surface area (Å²) in [6, 6.07) is 0. The smallest absolute Gasteiger partial charge is 0.290 e. The van der Waals surface area contributed by atoms with E-state index in [9.17, 15) is 36.0 Å². The molecule has 12 heteroatoms. The van der Waals surface area contributed by atoms with E-state index in [1.807, 2.05) is 10.6 Å². The monoisotopic (exact) mass is 380 g/mol. The van der Waals surface area contributed by atoms with Crippen molar-refractivity contribution in [1.29, 1.82) is 0 Å². The molecule has 0 saturated carbocycles. The molecule has 10 nitrogen and oxygen atoms in total. The van der Waals surface area contributed by atoms with Gasteiger partial charge < -0.3 is 10.6 Å². The van der Waals surface area contributed by atoms with E-state index in [1.165, 1.54) is 6.92 Å². The lowest BCUT2D eigenvalue weighted by molar-refractivity contribution is -0.139.